The lowest BCUT2D eigenvalue weighted by Crippen LogP contribution is -2.05. The highest BCUT2D eigenvalue weighted by Gasteiger charge is 2.02. The normalized spacial score (nSPS) is 10.1. The van der Waals surface area contributed by atoms with Gasteiger partial charge < -0.3 is 5.32 Å². The monoisotopic (exact) mass is 217 g/mol. The molecule has 0 spiro atoms. The molecule has 0 fully saturated rings. The van der Waals surface area contributed by atoms with E-state index < -0.39 is 0 Å². The van der Waals surface area contributed by atoms with E-state index in [-0.39, 0.29) is 12.4 Å². The van der Waals surface area contributed by atoms with Gasteiger partial charge in [-0.05, 0) is 19.3 Å². The first kappa shape index (κ1) is 13.3. The van der Waals surface area contributed by atoms with Crippen LogP contribution in [0.2, 0.25) is 0 Å². The van der Waals surface area contributed by atoms with Crippen molar-refractivity contribution in [3.05, 3.63) is 11.9 Å². The summed E-state index contributed by atoms with van der Waals surface area (Å²) in [5.41, 5.74) is 2.35. The van der Waals surface area contributed by atoms with Crippen LogP contribution < -0.4 is 5.32 Å². The highest BCUT2D eigenvalue weighted by Crippen LogP contribution is 2.12. The number of hydrogen-bond donors (Lipinski definition) is 1. The minimum absolute atomic E-state index is 0. The zero-order chi connectivity index (χ0) is 9.84. The van der Waals surface area contributed by atoms with E-state index in [9.17, 15) is 0 Å². The Bertz CT molecular complexity index is 268. The molecule has 1 heterocycles. The maximum atomic E-state index is 4.17. The van der Waals surface area contributed by atoms with Crippen molar-refractivity contribution in [2.75, 3.05) is 11.9 Å². The van der Waals surface area contributed by atoms with Gasteiger partial charge in [-0.15, -0.1) is 12.4 Å². The second kappa shape index (κ2) is 5.91. The molecule has 0 radical (unpaired) electrons. The molecule has 1 aromatic heterocycles. The topological polar surface area (TPSA) is 29.9 Å². The SMILES string of the molecule is Cc1c(NCCC(C)C)cnn1C.Cl. The van der Waals surface area contributed by atoms with E-state index in [0.29, 0.717) is 0 Å². The van der Waals surface area contributed by atoms with Crippen LogP contribution in [0.25, 0.3) is 0 Å². The van der Waals surface area contributed by atoms with Gasteiger partial charge in [0.25, 0.3) is 0 Å². The van der Waals surface area contributed by atoms with Crippen LogP contribution in [0.5, 0.6) is 0 Å². The number of halogens is 1. The molecule has 0 unspecified atom stereocenters. The van der Waals surface area contributed by atoms with Gasteiger partial charge in [0.15, 0.2) is 0 Å². The van der Waals surface area contributed by atoms with Crippen LogP contribution in [-0.2, 0) is 7.05 Å². The van der Waals surface area contributed by atoms with Crippen molar-refractivity contribution in [2.24, 2.45) is 13.0 Å². The fourth-order valence-electron chi connectivity index (χ4n) is 1.17. The Morgan fingerprint density at radius 1 is 1.50 bits per heavy atom. The average molecular weight is 218 g/mol. The maximum Gasteiger partial charge on any atom is 0.0756 e. The zero-order valence-corrected chi connectivity index (χ0v) is 10.2. The summed E-state index contributed by atoms with van der Waals surface area (Å²) in [6.07, 6.45) is 3.09. The first-order chi connectivity index (χ1) is 6.11. The van der Waals surface area contributed by atoms with Gasteiger partial charge in [-0.25, -0.2) is 0 Å². The molecular weight excluding hydrogens is 198 g/mol. The highest BCUT2D eigenvalue weighted by molar-refractivity contribution is 5.85. The number of nitrogens with one attached hydrogen (secondary N) is 1. The molecule has 1 rings (SSSR count). The summed E-state index contributed by atoms with van der Waals surface area (Å²) in [5.74, 6) is 0.754. The number of aryl methyl sites for hydroxylation is 1. The molecule has 0 saturated carbocycles. The number of anilines is 1. The predicted octanol–water partition coefficient (Wildman–Crippen LogP) is 2.61. The molecule has 82 valence electrons. The van der Waals surface area contributed by atoms with Gasteiger partial charge in [-0.3, -0.25) is 4.68 Å². The molecule has 4 heteroatoms. The third-order valence-electron chi connectivity index (χ3n) is 2.27. The van der Waals surface area contributed by atoms with Crippen molar-refractivity contribution in [3.8, 4) is 0 Å². The summed E-state index contributed by atoms with van der Waals surface area (Å²) < 4.78 is 1.89. The molecule has 0 aliphatic carbocycles. The second-order valence-corrected chi connectivity index (χ2v) is 3.88. The molecule has 0 bridgehead atoms. The third kappa shape index (κ3) is 3.58. The summed E-state index contributed by atoms with van der Waals surface area (Å²) >= 11 is 0. The number of rotatable bonds is 4. The molecule has 0 aromatic carbocycles. The van der Waals surface area contributed by atoms with Crippen molar-refractivity contribution >= 4 is 18.1 Å². The van der Waals surface area contributed by atoms with Crippen molar-refractivity contribution in [2.45, 2.75) is 27.2 Å². The van der Waals surface area contributed by atoms with E-state index in [0.717, 1.165) is 18.2 Å². The summed E-state index contributed by atoms with van der Waals surface area (Å²) in [7, 11) is 1.96. The van der Waals surface area contributed by atoms with Gasteiger partial charge in [0.1, 0.15) is 0 Å². The number of nitrogens with zero attached hydrogens (tertiary/aromatic N) is 2. The fraction of sp³-hybridized carbons (Fsp3) is 0.700. The van der Waals surface area contributed by atoms with E-state index in [1.807, 2.05) is 17.9 Å². The molecule has 0 amide bonds. The molecule has 1 N–H and O–H groups in total. The van der Waals surface area contributed by atoms with E-state index in [2.05, 4.69) is 31.2 Å². The lowest BCUT2D eigenvalue weighted by atomic mass is 10.1. The first-order valence-corrected chi connectivity index (χ1v) is 4.83. The van der Waals surface area contributed by atoms with Crippen LogP contribution in [0.3, 0.4) is 0 Å². The van der Waals surface area contributed by atoms with Gasteiger partial charge in [-0.1, -0.05) is 13.8 Å². The van der Waals surface area contributed by atoms with Crippen molar-refractivity contribution in [1.82, 2.24) is 9.78 Å². The molecule has 0 aliphatic rings. The van der Waals surface area contributed by atoms with Crippen LogP contribution in [0.4, 0.5) is 5.69 Å². The lowest BCUT2D eigenvalue weighted by molar-refractivity contribution is 0.607. The summed E-state index contributed by atoms with van der Waals surface area (Å²) in [6, 6.07) is 0. The smallest absolute Gasteiger partial charge is 0.0756 e. The van der Waals surface area contributed by atoms with Gasteiger partial charge >= 0.3 is 0 Å². The van der Waals surface area contributed by atoms with Crippen LogP contribution in [0, 0.1) is 12.8 Å². The van der Waals surface area contributed by atoms with Crippen LogP contribution in [-0.4, -0.2) is 16.3 Å². The predicted molar refractivity (Wildman–Crippen MR) is 63.1 cm³/mol. The lowest BCUT2D eigenvalue weighted by Gasteiger charge is -2.07. The Kier molecular flexibility index (Phi) is 5.62. The maximum absolute atomic E-state index is 4.17. The van der Waals surface area contributed by atoms with Gasteiger partial charge in [-0.2, -0.15) is 5.10 Å². The summed E-state index contributed by atoms with van der Waals surface area (Å²) in [6.45, 7) is 7.57. The van der Waals surface area contributed by atoms with E-state index >= 15 is 0 Å². The highest BCUT2D eigenvalue weighted by atomic mass is 35.5. The Morgan fingerprint density at radius 2 is 2.14 bits per heavy atom. The summed E-state index contributed by atoms with van der Waals surface area (Å²) in [5, 5.41) is 7.55. The first-order valence-electron chi connectivity index (χ1n) is 4.83. The van der Waals surface area contributed by atoms with E-state index in [1.54, 1.807) is 0 Å². The standard InChI is InChI=1S/C10H19N3.ClH/c1-8(2)5-6-11-10-7-12-13(4)9(10)3;/h7-8,11H,5-6H2,1-4H3;1H. The van der Waals surface area contributed by atoms with Crippen LogP contribution in [0.1, 0.15) is 26.0 Å². The molecule has 0 aliphatic heterocycles. The molecule has 3 nitrogen and oxygen atoms in total. The third-order valence-corrected chi connectivity index (χ3v) is 2.27. The largest absolute Gasteiger partial charge is 0.382 e. The molecule has 14 heavy (non-hydrogen) atoms. The number of aromatic nitrogens is 2. The minimum atomic E-state index is 0. The van der Waals surface area contributed by atoms with Crippen molar-refractivity contribution in [1.29, 1.82) is 0 Å². The quantitative estimate of drug-likeness (QED) is 0.841. The Hall–Kier alpha value is -0.700. The average Bonchev–Trinajstić information content (AvgIpc) is 2.35. The Morgan fingerprint density at radius 3 is 2.57 bits per heavy atom. The second-order valence-electron chi connectivity index (χ2n) is 3.88. The molecule has 0 saturated heterocycles. The minimum Gasteiger partial charge on any atom is -0.382 e. The molecular formula is C10H20ClN3. The Labute approximate surface area is 92.3 Å². The fourth-order valence-corrected chi connectivity index (χ4v) is 1.17. The van der Waals surface area contributed by atoms with E-state index in [1.165, 1.54) is 12.1 Å². The zero-order valence-electron chi connectivity index (χ0n) is 9.37. The van der Waals surface area contributed by atoms with Crippen LogP contribution in [0.15, 0.2) is 6.20 Å². The van der Waals surface area contributed by atoms with Gasteiger partial charge in [0, 0.05) is 13.6 Å². The van der Waals surface area contributed by atoms with Crippen LogP contribution >= 0.6 is 12.4 Å². The molecule has 1 aromatic rings. The van der Waals surface area contributed by atoms with Gasteiger partial charge in [0.05, 0.1) is 17.6 Å². The van der Waals surface area contributed by atoms with Gasteiger partial charge in [0.2, 0.25) is 0 Å². The Balaban J connectivity index is 0.00000169. The summed E-state index contributed by atoms with van der Waals surface area (Å²) in [4.78, 5) is 0. The van der Waals surface area contributed by atoms with Crippen molar-refractivity contribution < 1.29 is 0 Å². The van der Waals surface area contributed by atoms with E-state index in [4.69, 9.17) is 0 Å². The molecule has 0 atom stereocenters. The van der Waals surface area contributed by atoms with Crippen molar-refractivity contribution in [3.63, 3.8) is 0 Å². The number of hydrogen-bond acceptors (Lipinski definition) is 2.